The molecule has 2 aromatic rings. The maximum Gasteiger partial charge on any atom is 0.137 e. The van der Waals surface area contributed by atoms with Gasteiger partial charge in [0.2, 0.25) is 0 Å². The van der Waals surface area contributed by atoms with Crippen molar-refractivity contribution in [2.24, 2.45) is 0 Å². The maximum atomic E-state index is 13.4. The number of halogens is 2. The molecule has 0 unspecified atom stereocenters. The second kappa shape index (κ2) is 7.47. The fourth-order valence-electron chi connectivity index (χ4n) is 2.00. The summed E-state index contributed by atoms with van der Waals surface area (Å²) < 4.78 is 13.8. The largest absolute Gasteiger partial charge is 0.310 e. The van der Waals surface area contributed by atoms with Crippen LogP contribution in [0.2, 0.25) is 0 Å². The minimum absolute atomic E-state index is 0.245. The fourth-order valence-corrected chi connectivity index (χ4v) is 3.44. The van der Waals surface area contributed by atoms with Gasteiger partial charge >= 0.3 is 0 Å². The van der Waals surface area contributed by atoms with Gasteiger partial charge in [-0.05, 0) is 40.5 Å². The van der Waals surface area contributed by atoms with Gasteiger partial charge in [-0.1, -0.05) is 27.2 Å². The zero-order valence-electron chi connectivity index (χ0n) is 12.5. The summed E-state index contributed by atoms with van der Waals surface area (Å²) in [6.07, 6.45) is 2.05. The first-order chi connectivity index (χ1) is 10.0. The van der Waals surface area contributed by atoms with Crippen LogP contribution < -0.4 is 5.32 Å². The van der Waals surface area contributed by atoms with Crippen LogP contribution in [0.4, 0.5) is 4.39 Å². The van der Waals surface area contributed by atoms with Crippen LogP contribution in [0.3, 0.4) is 0 Å². The Bertz CT molecular complexity index is 610. The first-order valence-corrected chi connectivity index (χ1v) is 8.79. The molecule has 5 heteroatoms. The van der Waals surface area contributed by atoms with Crippen LogP contribution in [0.15, 0.2) is 22.7 Å². The number of aryl methyl sites for hydroxylation is 1. The second-order valence-corrected chi connectivity index (χ2v) is 7.24. The maximum absolute atomic E-state index is 13.4. The summed E-state index contributed by atoms with van der Waals surface area (Å²) in [7, 11) is 0. The summed E-state index contributed by atoms with van der Waals surface area (Å²) in [5.41, 5.74) is 2.12. The quantitative estimate of drug-likeness (QED) is 0.759. The number of aromatic nitrogens is 1. The Morgan fingerprint density at radius 1 is 1.38 bits per heavy atom. The van der Waals surface area contributed by atoms with Gasteiger partial charge in [0.1, 0.15) is 10.8 Å². The van der Waals surface area contributed by atoms with Crippen molar-refractivity contribution < 1.29 is 4.39 Å². The molecule has 0 saturated carbocycles. The first kappa shape index (κ1) is 16.6. The van der Waals surface area contributed by atoms with Crippen molar-refractivity contribution in [3.8, 4) is 10.6 Å². The number of nitrogens with one attached hydrogen (secondary N) is 1. The van der Waals surface area contributed by atoms with Gasteiger partial charge in [-0.25, -0.2) is 9.37 Å². The van der Waals surface area contributed by atoms with Crippen molar-refractivity contribution >= 4 is 27.3 Å². The smallest absolute Gasteiger partial charge is 0.137 e. The Morgan fingerprint density at radius 3 is 2.76 bits per heavy atom. The second-order valence-electron chi connectivity index (χ2n) is 5.30. The van der Waals surface area contributed by atoms with Crippen molar-refractivity contribution in [2.75, 3.05) is 0 Å². The van der Waals surface area contributed by atoms with Gasteiger partial charge in [-0.15, -0.1) is 11.3 Å². The molecule has 1 heterocycles. The van der Waals surface area contributed by atoms with Crippen molar-refractivity contribution in [3.63, 3.8) is 0 Å². The van der Waals surface area contributed by atoms with E-state index in [1.807, 2.05) is 0 Å². The standard InChI is InChI=1S/C16H20BrFN2S/c1-4-5-14-15(9-19-10(2)3)21-16(20-14)11-6-7-13(18)12(17)8-11/h6-8,10,19H,4-5,9H2,1-3H3. The van der Waals surface area contributed by atoms with E-state index >= 15 is 0 Å². The molecule has 0 aliphatic rings. The molecule has 0 fully saturated rings. The van der Waals surface area contributed by atoms with E-state index in [4.69, 9.17) is 4.98 Å². The minimum Gasteiger partial charge on any atom is -0.310 e. The van der Waals surface area contributed by atoms with Gasteiger partial charge in [0.15, 0.2) is 0 Å². The van der Waals surface area contributed by atoms with Crippen LogP contribution in [-0.4, -0.2) is 11.0 Å². The van der Waals surface area contributed by atoms with E-state index in [0.29, 0.717) is 10.5 Å². The molecule has 0 atom stereocenters. The lowest BCUT2D eigenvalue weighted by molar-refractivity contribution is 0.589. The third-order valence-electron chi connectivity index (χ3n) is 3.10. The van der Waals surface area contributed by atoms with Crippen LogP contribution in [0, 0.1) is 5.82 Å². The normalized spacial score (nSPS) is 11.3. The third kappa shape index (κ3) is 4.34. The highest BCUT2D eigenvalue weighted by Crippen LogP contribution is 2.31. The molecule has 1 aromatic heterocycles. The number of thiazole rings is 1. The molecule has 114 valence electrons. The molecule has 0 saturated heterocycles. The van der Waals surface area contributed by atoms with Crippen molar-refractivity contribution in [1.29, 1.82) is 0 Å². The minimum atomic E-state index is -0.245. The molecule has 21 heavy (non-hydrogen) atoms. The van der Waals surface area contributed by atoms with Crippen LogP contribution >= 0.6 is 27.3 Å². The topological polar surface area (TPSA) is 24.9 Å². The molecule has 1 N–H and O–H groups in total. The van der Waals surface area contributed by atoms with Gasteiger partial charge in [-0.2, -0.15) is 0 Å². The lowest BCUT2D eigenvalue weighted by atomic mass is 10.2. The summed E-state index contributed by atoms with van der Waals surface area (Å²) in [6.45, 7) is 7.28. The highest BCUT2D eigenvalue weighted by Gasteiger charge is 2.13. The van der Waals surface area contributed by atoms with Gasteiger partial charge in [0, 0.05) is 23.0 Å². The molecule has 0 radical (unpaired) electrons. The summed E-state index contributed by atoms with van der Waals surface area (Å²) in [6, 6.07) is 5.51. The molecule has 0 aliphatic carbocycles. The van der Waals surface area contributed by atoms with Crippen LogP contribution in [-0.2, 0) is 13.0 Å². The predicted molar refractivity (Wildman–Crippen MR) is 91.2 cm³/mol. The summed E-state index contributed by atoms with van der Waals surface area (Å²) in [4.78, 5) is 6.03. The Morgan fingerprint density at radius 2 is 2.14 bits per heavy atom. The highest BCUT2D eigenvalue weighted by molar-refractivity contribution is 9.10. The van der Waals surface area contributed by atoms with Crippen LogP contribution in [0.5, 0.6) is 0 Å². The Hall–Kier alpha value is -0.780. The number of rotatable bonds is 6. The zero-order valence-corrected chi connectivity index (χ0v) is 14.9. The molecule has 0 spiro atoms. The molecule has 0 aliphatic heterocycles. The fraction of sp³-hybridized carbons (Fsp3) is 0.438. The molecule has 0 amide bonds. The van der Waals surface area contributed by atoms with E-state index in [0.717, 1.165) is 35.7 Å². The molecular weight excluding hydrogens is 351 g/mol. The lowest BCUT2D eigenvalue weighted by Gasteiger charge is -2.07. The third-order valence-corrected chi connectivity index (χ3v) is 4.86. The zero-order chi connectivity index (χ0) is 15.4. The van der Waals surface area contributed by atoms with Gasteiger partial charge < -0.3 is 5.32 Å². The molecule has 2 nitrogen and oxygen atoms in total. The molecular formula is C16H20BrFN2S. The number of nitrogens with zero attached hydrogens (tertiary/aromatic N) is 1. The van der Waals surface area contributed by atoms with Crippen LogP contribution in [0.25, 0.3) is 10.6 Å². The Balaban J connectivity index is 2.31. The number of hydrogen-bond donors (Lipinski definition) is 1. The van der Waals surface area contributed by atoms with E-state index in [1.165, 1.54) is 10.9 Å². The number of benzene rings is 1. The van der Waals surface area contributed by atoms with Crippen molar-refractivity contribution in [3.05, 3.63) is 39.1 Å². The summed E-state index contributed by atoms with van der Waals surface area (Å²) >= 11 is 4.93. The average molecular weight is 371 g/mol. The van der Waals surface area contributed by atoms with E-state index in [1.54, 1.807) is 23.5 Å². The highest BCUT2D eigenvalue weighted by atomic mass is 79.9. The van der Waals surface area contributed by atoms with E-state index in [2.05, 4.69) is 42.0 Å². The SMILES string of the molecule is CCCc1nc(-c2ccc(F)c(Br)c2)sc1CNC(C)C. The van der Waals surface area contributed by atoms with E-state index in [-0.39, 0.29) is 5.82 Å². The molecule has 1 aromatic carbocycles. The van der Waals surface area contributed by atoms with Crippen molar-refractivity contribution in [1.82, 2.24) is 10.3 Å². The van der Waals surface area contributed by atoms with E-state index in [9.17, 15) is 4.39 Å². The van der Waals surface area contributed by atoms with Gasteiger partial charge in [0.05, 0.1) is 10.2 Å². The van der Waals surface area contributed by atoms with Crippen LogP contribution in [0.1, 0.15) is 37.8 Å². The van der Waals surface area contributed by atoms with E-state index < -0.39 is 0 Å². The monoisotopic (exact) mass is 370 g/mol. The molecule has 2 rings (SSSR count). The lowest BCUT2D eigenvalue weighted by Crippen LogP contribution is -2.21. The molecule has 0 bridgehead atoms. The number of hydrogen-bond acceptors (Lipinski definition) is 3. The Labute approximate surface area is 137 Å². The van der Waals surface area contributed by atoms with Gasteiger partial charge in [-0.3, -0.25) is 0 Å². The predicted octanol–water partition coefficient (Wildman–Crippen LogP) is 5.16. The van der Waals surface area contributed by atoms with Gasteiger partial charge in [0.25, 0.3) is 0 Å². The Kier molecular flexibility index (Phi) is 5.90. The summed E-state index contributed by atoms with van der Waals surface area (Å²) in [5.74, 6) is -0.245. The van der Waals surface area contributed by atoms with Crippen molar-refractivity contribution in [2.45, 2.75) is 46.2 Å². The first-order valence-electron chi connectivity index (χ1n) is 7.18. The summed E-state index contributed by atoms with van der Waals surface area (Å²) in [5, 5.41) is 4.41. The average Bonchev–Trinajstić information content (AvgIpc) is 2.83.